The Morgan fingerprint density at radius 1 is 0.800 bits per heavy atom. The molecule has 0 unspecified atom stereocenters. The number of carboxylic acid groups (broad SMARTS) is 1. The smallest absolute Gasteiger partial charge is 0.353 e. The summed E-state index contributed by atoms with van der Waals surface area (Å²) in [5, 5.41) is 14.1. The molecule has 0 bridgehead atoms. The number of hydrogen-bond donors (Lipinski definition) is 3. The molecule has 174 valence electrons. The van der Waals surface area contributed by atoms with Crippen molar-refractivity contribution in [3.8, 4) is 11.5 Å². The monoisotopic (exact) mass is 480 g/mol. The van der Waals surface area contributed by atoms with E-state index < -0.39 is 5.97 Å². The van der Waals surface area contributed by atoms with E-state index in [-0.39, 0.29) is 5.69 Å². The van der Waals surface area contributed by atoms with E-state index in [2.05, 4.69) is 16.4 Å². The number of carboxylic acids is 1. The summed E-state index contributed by atoms with van der Waals surface area (Å²) in [7, 11) is 0. The quantitative estimate of drug-likeness (QED) is 0.210. The fourth-order valence-electron chi connectivity index (χ4n) is 3.89. The lowest BCUT2D eigenvalue weighted by Gasteiger charge is -2.09. The van der Waals surface area contributed by atoms with E-state index >= 15 is 0 Å². The molecule has 0 atom stereocenters. The highest BCUT2D eigenvalue weighted by Gasteiger charge is 2.18. The van der Waals surface area contributed by atoms with Gasteiger partial charge in [0.1, 0.15) is 17.2 Å². The van der Waals surface area contributed by atoms with Crippen LogP contribution in [-0.4, -0.2) is 16.1 Å². The van der Waals surface area contributed by atoms with Crippen LogP contribution in [0.4, 0.5) is 0 Å². The second kappa shape index (κ2) is 10.5. The van der Waals surface area contributed by atoms with Gasteiger partial charge in [-0.05, 0) is 53.6 Å². The third-order valence-electron chi connectivity index (χ3n) is 5.53. The largest absolute Gasteiger partial charge is 0.477 e. The van der Waals surface area contributed by atoms with Crippen molar-refractivity contribution in [1.82, 2.24) is 10.3 Å². The Hall–Kier alpha value is -4.00. The molecule has 0 radical (unpaired) electrons. The zero-order valence-corrected chi connectivity index (χ0v) is 19.7. The van der Waals surface area contributed by atoms with Crippen molar-refractivity contribution in [3.05, 3.63) is 120 Å². The summed E-state index contributed by atoms with van der Waals surface area (Å²) in [5.41, 5.74) is 3.23. The summed E-state index contributed by atoms with van der Waals surface area (Å²) in [5.74, 6) is 0.646. The van der Waals surface area contributed by atoms with Crippen LogP contribution in [0.25, 0.3) is 10.9 Å². The van der Waals surface area contributed by atoms with Crippen LogP contribution in [0.5, 0.6) is 11.5 Å². The third-order valence-corrected chi connectivity index (χ3v) is 6.66. The molecule has 5 aromatic rings. The first-order valence-electron chi connectivity index (χ1n) is 11.3. The molecule has 0 aliphatic carbocycles. The average Bonchev–Trinajstić information content (AvgIpc) is 3.23. The fourth-order valence-corrected chi connectivity index (χ4v) is 4.94. The molecular weight excluding hydrogens is 456 g/mol. The van der Waals surface area contributed by atoms with Crippen LogP contribution in [0.2, 0.25) is 0 Å². The number of nitrogens with one attached hydrogen (secondary N) is 2. The van der Waals surface area contributed by atoms with Gasteiger partial charge >= 0.3 is 5.97 Å². The molecule has 35 heavy (non-hydrogen) atoms. The molecular formula is C29H24N2O3S. The first-order valence-corrected chi connectivity index (χ1v) is 12.1. The number of fused-ring (bicyclic) bond motifs is 1. The van der Waals surface area contributed by atoms with Crippen molar-refractivity contribution >= 4 is 28.6 Å². The fraction of sp³-hybridized carbons (Fsp3) is 0.0690. The van der Waals surface area contributed by atoms with Crippen molar-refractivity contribution in [2.75, 3.05) is 0 Å². The second-order valence-electron chi connectivity index (χ2n) is 8.10. The highest BCUT2D eigenvalue weighted by Crippen LogP contribution is 2.37. The van der Waals surface area contributed by atoms with Crippen LogP contribution in [0, 0.1) is 0 Å². The van der Waals surface area contributed by atoms with Crippen molar-refractivity contribution in [2.45, 2.75) is 22.9 Å². The van der Waals surface area contributed by atoms with E-state index in [4.69, 9.17) is 4.74 Å². The first kappa shape index (κ1) is 22.8. The highest BCUT2D eigenvalue weighted by molar-refractivity contribution is 7.99. The van der Waals surface area contributed by atoms with Gasteiger partial charge in [-0.1, -0.05) is 72.4 Å². The van der Waals surface area contributed by atoms with Crippen LogP contribution in [0.3, 0.4) is 0 Å². The second-order valence-corrected chi connectivity index (χ2v) is 9.18. The molecule has 5 rings (SSSR count). The number of H-pyrrole nitrogens is 1. The maximum absolute atomic E-state index is 11.9. The van der Waals surface area contributed by atoms with Gasteiger partial charge in [-0.15, -0.1) is 0 Å². The maximum Gasteiger partial charge on any atom is 0.353 e. The van der Waals surface area contributed by atoms with Crippen LogP contribution in [0.15, 0.2) is 113 Å². The summed E-state index contributed by atoms with van der Waals surface area (Å²) in [6.45, 7) is 1.34. The lowest BCUT2D eigenvalue weighted by atomic mass is 10.1. The van der Waals surface area contributed by atoms with E-state index in [1.165, 1.54) is 11.8 Å². The van der Waals surface area contributed by atoms with Gasteiger partial charge in [0.2, 0.25) is 0 Å². The molecule has 0 saturated carbocycles. The number of hydrogen-bond acceptors (Lipinski definition) is 4. The number of aromatic carboxylic acids is 1. The SMILES string of the molecule is O=C(O)c1[nH]c2cc(CNCc3cccc(Oc4ccccc4)c3)ccc2c1Sc1ccccc1. The Labute approximate surface area is 207 Å². The predicted molar refractivity (Wildman–Crippen MR) is 139 cm³/mol. The standard InChI is InChI=1S/C29H24N2O3S/c32-29(33)27-28(35-24-12-5-2-6-13-24)25-15-14-21(17-26(25)31-27)19-30-18-20-8-7-11-23(16-20)34-22-9-3-1-4-10-22/h1-17,30-31H,18-19H2,(H,32,33). The minimum atomic E-state index is -0.961. The lowest BCUT2D eigenvalue weighted by molar-refractivity contribution is 0.0687. The van der Waals surface area contributed by atoms with Gasteiger partial charge in [0.15, 0.2) is 0 Å². The Morgan fingerprint density at radius 3 is 2.23 bits per heavy atom. The van der Waals surface area contributed by atoms with Gasteiger partial charge in [-0.3, -0.25) is 0 Å². The van der Waals surface area contributed by atoms with Crippen LogP contribution in [-0.2, 0) is 13.1 Å². The van der Waals surface area contributed by atoms with Crippen molar-refractivity contribution < 1.29 is 14.6 Å². The minimum absolute atomic E-state index is 0.217. The lowest BCUT2D eigenvalue weighted by Crippen LogP contribution is -2.12. The van der Waals surface area contributed by atoms with Crippen LogP contribution >= 0.6 is 11.8 Å². The van der Waals surface area contributed by atoms with Gasteiger partial charge in [0.25, 0.3) is 0 Å². The Bertz CT molecular complexity index is 1450. The van der Waals surface area contributed by atoms with Gasteiger partial charge in [0, 0.05) is 28.9 Å². The Balaban J connectivity index is 1.27. The number of para-hydroxylation sites is 1. The molecule has 4 aromatic carbocycles. The van der Waals surface area contributed by atoms with Gasteiger partial charge in [-0.25, -0.2) is 4.79 Å². The molecule has 0 saturated heterocycles. The zero-order chi connectivity index (χ0) is 24.0. The highest BCUT2D eigenvalue weighted by atomic mass is 32.2. The summed E-state index contributed by atoms with van der Waals surface area (Å²) >= 11 is 1.46. The minimum Gasteiger partial charge on any atom is -0.477 e. The van der Waals surface area contributed by atoms with E-state index in [9.17, 15) is 9.90 Å². The molecule has 1 heterocycles. The van der Waals surface area contributed by atoms with E-state index in [0.717, 1.165) is 43.3 Å². The first-order chi connectivity index (χ1) is 17.2. The summed E-state index contributed by atoms with van der Waals surface area (Å²) in [6.07, 6.45) is 0. The summed E-state index contributed by atoms with van der Waals surface area (Å²) < 4.78 is 5.93. The van der Waals surface area contributed by atoms with Gasteiger partial charge in [-0.2, -0.15) is 0 Å². The van der Waals surface area contributed by atoms with E-state index in [1.54, 1.807) is 0 Å². The van der Waals surface area contributed by atoms with Gasteiger partial charge < -0.3 is 20.1 Å². The molecule has 0 amide bonds. The van der Waals surface area contributed by atoms with Crippen LogP contribution in [0.1, 0.15) is 21.6 Å². The molecule has 1 aromatic heterocycles. The van der Waals surface area contributed by atoms with Gasteiger partial charge in [0.05, 0.1) is 4.90 Å². The van der Waals surface area contributed by atoms with Crippen molar-refractivity contribution in [3.63, 3.8) is 0 Å². The maximum atomic E-state index is 11.9. The molecule has 6 heteroatoms. The topological polar surface area (TPSA) is 74.3 Å². The molecule has 5 nitrogen and oxygen atoms in total. The van der Waals surface area contributed by atoms with Crippen molar-refractivity contribution in [1.29, 1.82) is 0 Å². The molecule has 0 spiro atoms. The molecule has 0 fully saturated rings. The summed E-state index contributed by atoms with van der Waals surface area (Å²) in [6, 6.07) is 33.6. The number of ether oxygens (including phenoxy) is 1. The number of benzene rings is 4. The number of carbonyl (C=O) groups is 1. The summed E-state index contributed by atoms with van der Waals surface area (Å²) in [4.78, 5) is 16.7. The number of aromatic amines is 1. The Kier molecular flexibility index (Phi) is 6.84. The van der Waals surface area contributed by atoms with Crippen LogP contribution < -0.4 is 10.1 Å². The average molecular weight is 481 g/mol. The molecule has 3 N–H and O–H groups in total. The molecule has 0 aliphatic heterocycles. The zero-order valence-electron chi connectivity index (χ0n) is 18.9. The number of rotatable bonds is 9. The third kappa shape index (κ3) is 5.57. The molecule has 0 aliphatic rings. The van der Waals surface area contributed by atoms with Crippen molar-refractivity contribution in [2.24, 2.45) is 0 Å². The Morgan fingerprint density at radius 2 is 1.49 bits per heavy atom. The predicted octanol–water partition coefficient (Wildman–Crippen LogP) is 7.10. The number of aromatic nitrogens is 1. The normalized spacial score (nSPS) is 11.0. The van der Waals surface area contributed by atoms with E-state index in [1.807, 2.05) is 97.1 Å². The van der Waals surface area contributed by atoms with E-state index in [0.29, 0.717) is 13.1 Å².